The summed E-state index contributed by atoms with van der Waals surface area (Å²) >= 11 is 0. The summed E-state index contributed by atoms with van der Waals surface area (Å²) in [6.45, 7) is 8.41. The highest BCUT2D eigenvalue weighted by molar-refractivity contribution is 5.97. The molecule has 182 valence electrons. The molecule has 1 aliphatic carbocycles. The zero-order valence-corrected chi connectivity index (χ0v) is 20.4. The molecule has 6 heteroatoms. The zero-order chi connectivity index (χ0) is 24.4. The van der Waals surface area contributed by atoms with Gasteiger partial charge in [0.2, 0.25) is 5.91 Å². The zero-order valence-electron chi connectivity index (χ0n) is 20.4. The molecule has 1 saturated carbocycles. The third-order valence-electron chi connectivity index (χ3n) is 7.51. The second-order valence-corrected chi connectivity index (χ2v) is 10.0. The van der Waals surface area contributed by atoms with Crippen LogP contribution >= 0.6 is 0 Å². The van der Waals surface area contributed by atoms with Gasteiger partial charge in [-0.05, 0) is 86.2 Å². The molecule has 4 nitrogen and oxygen atoms in total. The Hall–Kier alpha value is -2.60. The van der Waals surface area contributed by atoms with Crippen molar-refractivity contribution in [1.29, 1.82) is 0 Å². The highest BCUT2D eigenvalue weighted by atomic mass is 19.1. The summed E-state index contributed by atoms with van der Waals surface area (Å²) < 4.78 is 28.1. The molecule has 1 saturated heterocycles. The molecule has 0 radical (unpaired) electrons. The minimum atomic E-state index is -0.359. The van der Waals surface area contributed by atoms with E-state index in [4.69, 9.17) is 0 Å². The second-order valence-electron chi connectivity index (χ2n) is 10.0. The van der Waals surface area contributed by atoms with Crippen molar-refractivity contribution >= 4 is 11.7 Å². The van der Waals surface area contributed by atoms with Gasteiger partial charge in [0.25, 0.3) is 0 Å². The highest BCUT2D eigenvalue weighted by Gasteiger charge is 2.33. The quantitative estimate of drug-likeness (QED) is 0.545. The van der Waals surface area contributed by atoms with Gasteiger partial charge in [0.15, 0.2) is 5.78 Å². The van der Waals surface area contributed by atoms with E-state index in [0.29, 0.717) is 35.7 Å². The number of rotatable bonds is 6. The van der Waals surface area contributed by atoms with Gasteiger partial charge in [0.05, 0.1) is 0 Å². The lowest BCUT2D eigenvalue weighted by Gasteiger charge is -2.41. The predicted molar refractivity (Wildman–Crippen MR) is 129 cm³/mol. The van der Waals surface area contributed by atoms with Crippen LogP contribution in [0.15, 0.2) is 30.3 Å². The van der Waals surface area contributed by atoms with Crippen LogP contribution < -0.4 is 0 Å². The number of nitrogens with zero attached hydrogens (tertiary/aromatic N) is 2. The third kappa shape index (κ3) is 5.38. The van der Waals surface area contributed by atoms with E-state index < -0.39 is 0 Å². The molecule has 2 aliphatic rings. The molecule has 2 aromatic rings. The van der Waals surface area contributed by atoms with E-state index >= 15 is 0 Å². The van der Waals surface area contributed by atoms with Gasteiger partial charge in [-0.1, -0.05) is 12.8 Å². The van der Waals surface area contributed by atoms with Crippen molar-refractivity contribution in [3.63, 3.8) is 0 Å². The lowest BCUT2D eigenvalue weighted by Crippen LogP contribution is -2.54. The van der Waals surface area contributed by atoms with Crippen molar-refractivity contribution < 1.29 is 18.4 Å². The van der Waals surface area contributed by atoms with Crippen LogP contribution in [0.2, 0.25) is 0 Å². The molecule has 34 heavy (non-hydrogen) atoms. The number of ketones is 1. The van der Waals surface area contributed by atoms with Crippen LogP contribution in [0.3, 0.4) is 0 Å². The Morgan fingerprint density at radius 1 is 1.00 bits per heavy atom. The minimum absolute atomic E-state index is 0.0712. The summed E-state index contributed by atoms with van der Waals surface area (Å²) in [6.07, 6.45) is 4.38. The van der Waals surface area contributed by atoms with Crippen LogP contribution in [-0.4, -0.2) is 47.2 Å². The van der Waals surface area contributed by atoms with Gasteiger partial charge in [-0.15, -0.1) is 0 Å². The summed E-state index contributed by atoms with van der Waals surface area (Å²) in [5, 5.41) is 0. The number of aryl methyl sites for hydroxylation is 1. The maximum atomic E-state index is 14.5. The lowest BCUT2D eigenvalue weighted by molar-refractivity contribution is -0.140. The molecule has 2 fully saturated rings. The van der Waals surface area contributed by atoms with Crippen LogP contribution in [0, 0.1) is 31.4 Å². The molecular formula is C28H34F2N2O2. The topological polar surface area (TPSA) is 40.6 Å². The summed E-state index contributed by atoms with van der Waals surface area (Å²) in [4.78, 5) is 30.0. The maximum absolute atomic E-state index is 14.5. The average Bonchev–Trinajstić information content (AvgIpc) is 3.33. The number of carbonyl (C=O) groups is 2. The molecule has 0 aromatic heterocycles. The van der Waals surface area contributed by atoms with Crippen LogP contribution in [0.25, 0.3) is 0 Å². The summed E-state index contributed by atoms with van der Waals surface area (Å²) in [7, 11) is 0. The number of halogens is 2. The van der Waals surface area contributed by atoms with Crippen LogP contribution in [-0.2, 0) is 17.8 Å². The van der Waals surface area contributed by atoms with Crippen LogP contribution in [0.1, 0.15) is 65.2 Å². The first-order valence-corrected chi connectivity index (χ1v) is 12.3. The van der Waals surface area contributed by atoms with E-state index in [1.165, 1.54) is 18.2 Å². The number of hydrogen-bond donors (Lipinski definition) is 0. The maximum Gasteiger partial charge on any atom is 0.226 e. The summed E-state index contributed by atoms with van der Waals surface area (Å²) in [5.41, 5.74) is 3.28. The van der Waals surface area contributed by atoms with Crippen molar-refractivity contribution in [2.45, 2.75) is 65.5 Å². The smallest absolute Gasteiger partial charge is 0.226 e. The van der Waals surface area contributed by atoms with Gasteiger partial charge in [0, 0.05) is 50.1 Å². The van der Waals surface area contributed by atoms with Gasteiger partial charge >= 0.3 is 0 Å². The summed E-state index contributed by atoms with van der Waals surface area (Å²) in [6, 6.07) is 7.41. The Labute approximate surface area is 200 Å². The van der Waals surface area contributed by atoms with Gasteiger partial charge < -0.3 is 4.90 Å². The molecule has 0 N–H and O–H groups in total. The standard InChI is InChI=1S/C28H34F2N2O2/c1-18-12-22(8-9-26(18)30)27(33)15-23-13-25(29)14-24(20(23)3)17-31-10-11-32(19(2)16-31)28(34)21-6-4-5-7-21/h8-9,12-14,19,21H,4-7,10-11,15-17H2,1-3H3/t19-/m0/s1. The van der Waals surface area contributed by atoms with Crippen LogP contribution in [0.5, 0.6) is 0 Å². The molecule has 4 rings (SSSR count). The number of carbonyl (C=O) groups excluding carboxylic acids is 2. The fourth-order valence-corrected chi connectivity index (χ4v) is 5.39. The fourth-order valence-electron chi connectivity index (χ4n) is 5.39. The number of hydrogen-bond acceptors (Lipinski definition) is 3. The Morgan fingerprint density at radius 3 is 2.38 bits per heavy atom. The molecule has 0 unspecified atom stereocenters. The largest absolute Gasteiger partial charge is 0.337 e. The van der Waals surface area contributed by atoms with Crippen molar-refractivity contribution in [1.82, 2.24) is 9.80 Å². The van der Waals surface area contributed by atoms with Crippen molar-refractivity contribution in [3.8, 4) is 0 Å². The van der Waals surface area contributed by atoms with Crippen molar-refractivity contribution in [2.75, 3.05) is 19.6 Å². The van der Waals surface area contributed by atoms with E-state index in [1.54, 1.807) is 19.1 Å². The van der Waals surface area contributed by atoms with E-state index in [2.05, 4.69) is 11.8 Å². The first-order chi connectivity index (χ1) is 16.2. The third-order valence-corrected chi connectivity index (χ3v) is 7.51. The molecule has 1 amide bonds. The number of amides is 1. The first kappa shape index (κ1) is 24.5. The Kier molecular flexibility index (Phi) is 7.46. The minimum Gasteiger partial charge on any atom is -0.337 e. The highest BCUT2D eigenvalue weighted by Crippen LogP contribution is 2.28. The van der Waals surface area contributed by atoms with E-state index in [1.807, 2.05) is 11.8 Å². The van der Waals surface area contributed by atoms with Gasteiger partial charge in [-0.3, -0.25) is 14.5 Å². The molecule has 1 aliphatic heterocycles. The van der Waals surface area contributed by atoms with Gasteiger partial charge in [-0.2, -0.15) is 0 Å². The molecule has 2 aromatic carbocycles. The Bertz CT molecular complexity index is 1080. The molecule has 1 atom stereocenters. The van der Waals surface area contributed by atoms with Gasteiger partial charge in [-0.25, -0.2) is 8.78 Å². The van der Waals surface area contributed by atoms with Gasteiger partial charge in [0.1, 0.15) is 11.6 Å². The van der Waals surface area contributed by atoms with Crippen molar-refractivity contribution in [3.05, 3.63) is 69.8 Å². The van der Waals surface area contributed by atoms with E-state index in [-0.39, 0.29) is 35.8 Å². The number of piperazine rings is 1. The van der Waals surface area contributed by atoms with E-state index in [0.717, 1.165) is 49.9 Å². The lowest BCUT2D eigenvalue weighted by atomic mass is 9.94. The molecule has 0 spiro atoms. The second kappa shape index (κ2) is 10.3. The molecule has 0 bridgehead atoms. The monoisotopic (exact) mass is 468 g/mol. The average molecular weight is 469 g/mol. The number of Topliss-reactive ketones (excluding diaryl/α,β-unsaturated/α-hetero) is 1. The fraction of sp³-hybridized carbons (Fsp3) is 0.500. The summed E-state index contributed by atoms with van der Waals surface area (Å²) in [5.74, 6) is -0.384. The Balaban J connectivity index is 1.43. The van der Waals surface area contributed by atoms with Crippen molar-refractivity contribution in [2.24, 2.45) is 5.92 Å². The molecule has 1 heterocycles. The SMILES string of the molecule is Cc1cc(C(=O)Cc2cc(F)cc(CN3CCN(C(=O)C4CCCC4)[C@@H](C)C3)c2C)ccc1F. The molecular weight excluding hydrogens is 434 g/mol. The first-order valence-electron chi connectivity index (χ1n) is 12.3. The Morgan fingerprint density at radius 2 is 1.71 bits per heavy atom. The van der Waals surface area contributed by atoms with Crippen LogP contribution in [0.4, 0.5) is 8.78 Å². The van der Waals surface area contributed by atoms with E-state index in [9.17, 15) is 18.4 Å². The predicted octanol–water partition coefficient (Wildman–Crippen LogP) is 5.23. The normalized spacial score (nSPS) is 19.6. The number of benzene rings is 2.